The lowest BCUT2D eigenvalue weighted by Gasteiger charge is -2.01. The molecule has 3 aromatic rings. The minimum absolute atomic E-state index is 0.0629. The van der Waals surface area contributed by atoms with E-state index >= 15 is 0 Å². The molecule has 21 heavy (non-hydrogen) atoms. The van der Waals surface area contributed by atoms with Crippen LogP contribution >= 0.6 is 0 Å². The average Bonchev–Trinajstić information content (AvgIpc) is 2.97. The van der Waals surface area contributed by atoms with Crippen LogP contribution in [0.15, 0.2) is 66.9 Å². The van der Waals surface area contributed by atoms with Gasteiger partial charge in [-0.25, -0.2) is 0 Å². The summed E-state index contributed by atoms with van der Waals surface area (Å²) in [6.07, 6.45) is 5.18. The van der Waals surface area contributed by atoms with Gasteiger partial charge in [-0.05, 0) is 35.9 Å². The van der Waals surface area contributed by atoms with Crippen LogP contribution < -0.4 is 4.74 Å². The molecule has 3 rings (SSSR count). The zero-order valence-corrected chi connectivity index (χ0v) is 11.7. The smallest absolute Gasteiger partial charge is 0.255 e. The van der Waals surface area contributed by atoms with Crippen LogP contribution in [0.5, 0.6) is 5.75 Å². The molecule has 3 nitrogen and oxygen atoms in total. The fourth-order valence-corrected chi connectivity index (χ4v) is 2.24. The highest BCUT2D eigenvalue weighted by Crippen LogP contribution is 2.16. The van der Waals surface area contributed by atoms with Crippen LogP contribution in [0.1, 0.15) is 10.4 Å². The number of ether oxygens (including phenoxy) is 1. The minimum Gasteiger partial charge on any atom is -0.497 e. The zero-order valence-electron chi connectivity index (χ0n) is 11.7. The van der Waals surface area contributed by atoms with Gasteiger partial charge in [-0.3, -0.25) is 9.36 Å². The van der Waals surface area contributed by atoms with Gasteiger partial charge in [0.15, 0.2) is 0 Å². The molecule has 1 aromatic heterocycles. The maximum Gasteiger partial charge on any atom is 0.255 e. The van der Waals surface area contributed by atoms with Gasteiger partial charge in [0, 0.05) is 17.7 Å². The number of fused-ring (bicyclic) bond motifs is 1. The van der Waals surface area contributed by atoms with Gasteiger partial charge in [-0.1, -0.05) is 30.3 Å². The number of methoxy groups -OCH3 is 1. The molecular formula is C18H15NO2. The second-order valence-corrected chi connectivity index (χ2v) is 4.69. The third-order valence-corrected chi connectivity index (χ3v) is 3.37. The van der Waals surface area contributed by atoms with E-state index in [0.717, 1.165) is 22.2 Å². The Bertz CT molecular complexity index is 797. The molecule has 0 saturated carbocycles. The topological polar surface area (TPSA) is 31.2 Å². The van der Waals surface area contributed by atoms with Crippen LogP contribution in [0.4, 0.5) is 0 Å². The number of aromatic nitrogens is 1. The van der Waals surface area contributed by atoms with Gasteiger partial charge in [-0.2, -0.15) is 0 Å². The SMILES string of the molecule is COc1ccc(/C=C/C(=O)n2ccc3ccccc32)cc1. The molecular weight excluding hydrogens is 262 g/mol. The van der Waals surface area contributed by atoms with E-state index in [1.54, 1.807) is 30.0 Å². The molecule has 0 radical (unpaired) electrons. The lowest BCUT2D eigenvalue weighted by molar-refractivity contribution is 0.0975. The van der Waals surface area contributed by atoms with Gasteiger partial charge in [-0.15, -0.1) is 0 Å². The summed E-state index contributed by atoms with van der Waals surface area (Å²) >= 11 is 0. The van der Waals surface area contributed by atoms with E-state index in [0.29, 0.717) is 0 Å². The summed E-state index contributed by atoms with van der Waals surface area (Å²) < 4.78 is 6.75. The van der Waals surface area contributed by atoms with Crippen molar-refractivity contribution in [2.24, 2.45) is 0 Å². The third kappa shape index (κ3) is 2.72. The molecule has 0 aliphatic heterocycles. The van der Waals surface area contributed by atoms with Crippen molar-refractivity contribution in [2.45, 2.75) is 0 Å². The minimum atomic E-state index is -0.0629. The van der Waals surface area contributed by atoms with Crippen molar-refractivity contribution in [1.29, 1.82) is 0 Å². The van der Waals surface area contributed by atoms with Crippen LogP contribution in [0.25, 0.3) is 17.0 Å². The molecule has 0 aliphatic rings. The Morgan fingerprint density at radius 1 is 1.05 bits per heavy atom. The maximum absolute atomic E-state index is 12.3. The van der Waals surface area contributed by atoms with E-state index in [-0.39, 0.29) is 5.91 Å². The lowest BCUT2D eigenvalue weighted by Crippen LogP contribution is -2.04. The number of para-hydroxylation sites is 1. The van der Waals surface area contributed by atoms with Gasteiger partial charge in [0.25, 0.3) is 5.91 Å². The Balaban J connectivity index is 1.83. The third-order valence-electron chi connectivity index (χ3n) is 3.37. The second kappa shape index (κ2) is 5.67. The largest absolute Gasteiger partial charge is 0.497 e. The highest BCUT2D eigenvalue weighted by Gasteiger charge is 2.04. The number of hydrogen-bond donors (Lipinski definition) is 0. The number of carbonyl (C=O) groups excluding carboxylic acids is 1. The van der Waals surface area contributed by atoms with Gasteiger partial charge in [0.1, 0.15) is 5.75 Å². The molecule has 2 aromatic carbocycles. The molecule has 1 heterocycles. The zero-order chi connectivity index (χ0) is 14.7. The summed E-state index contributed by atoms with van der Waals surface area (Å²) in [6, 6.07) is 17.3. The lowest BCUT2D eigenvalue weighted by atomic mass is 10.2. The fraction of sp³-hybridized carbons (Fsp3) is 0.0556. The molecule has 0 unspecified atom stereocenters. The summed E-state index contributed by atoms with van der Waals surface area (Å²) in [5.74, 6) is 0.738. The van der Waals surface area contributed by atoms with Gasteiger partial charge in [0.05, 0.1) is 12.6 Å². The highest BCUT2D eigenvalue weighted by atomic mass is 16.5. The van der Waals surface area contributed by atoms with Crippen LogP contribution in [0.3, 0.4) is 0 Å². The second-order valence-electron chi connectivity index (χ2n) is 4.69. The van der Waals surface area contributed by atoms with E-state index < -0.39 is 0 Å². The van der Waals surface area contributed by atoms with Crippen LogP contribution in [0.2, 0.25) is 0 Å². The molecule has 0 saturated heterocycles. The van der Waals surface area contributed by atoms with Crippen LogP contribution in [-0.2, 0) is 0 Å². The van der Waals surface area contributed by atoms with E-state index in [1.165, 1.54) is 0 Å². The van der Waals surface area contributed by atoms with E-state index in [2.05, 4.69) is 0 Å². The molecule has 0 spiro atoms. The molecule has 0 amide bonds. The molecule has 0 bridgehead atoms. The monoisotopic (exact) mass is 277 g/mol. The Kier molecular flexibility index (Phi) is 3.56. The standard InChI is InChI=1S/C18H15NO2/c1-21-16-9-6-14(7-10-16)8-11-18(20)19-13-12-15-4-2-3-5-17(15)19/h2-13H,1H3/b11-8+. The van der Waals surface area contributed by atoms with E-state index in [4.69, 9.17) is 4.74 Å². The average molecular weight is 277 g/mol. The number of nitrogens with zero attached hydrogens (tertiary/aromatic N) is 1. The highest BCUT2D eigenvalue weighted by molar-refractivity contribution is 6.00. The van der Waals surface area contributed by atoms with Crippen molar-refractivity contribution in [2.75, 3.05) is 7.11 Å². The summed E-state index contributed by atoms with van der Waals surface area (Å²) in [4.78, 5) is 12.3. The molecule has 0 atom stereocenters. The summed E-state index contributed by atoms with van der Waals surface area (Å²) in [7, 11) is 1.63. The Morgan fingerprint density at radius 2 is 1.81 bits per heavy atom. The van der Waals surface area contributed by atoms with Crippen molar-refractivity contribution in [3.8, 4) is 5.75 Å². The van der Waals surface area contributed by atoms with Crippen LogP contribution in [0, 0.1) is 0 Å². The summed E-state index contributed by atoms with van der Waals surface area (Å²) in [5, 5.41) is 1.06. The summed E-state index contributed by atoms with van der Waals surface area (Å²) in [5.41, 5.74) is 1.88. The maximum atomic E-state index is 12.3. The Morgan fingerprint density at radius 3 is 2.57 bits per heavy atom. The van der Waals surface area contributed by atoms with E-state index in [1.807, 2.05) is 54.6 Å². The van der Waals surface area contributed by atoms with Crippen molar-refractivity contribution in [3.63, 3.8) is 0 Å². The van der Waals surface area contributed by atoms with E-state index in [9.17, 15) is 4.79 Å². The Hall–Kier alpha value is -2.81. The van der Waals surface area contributed by atoms with Gasteiger partial charge in [0.2, 0.25) is 0 Å². The van der Waals surface area contributed by atoms with Crippen molar-refractivity contribution in [3.05, 3.63) is 72.4 Å². The predicted molar refractivity (Wildman–Crippen MR) is 84.6 cm³/mol. The number of allylic oxidation sites excluding steroid dienone is 1. The molecule has 0 N–H and O–H groups in total. The Labute approximate surface area is 123 Å². The molecule has 0 aliphatic carbocycles. The number of hydrogen-bond acceptors (Lipinski definition) is 2. The van der Waals surface area contributed by atoms with Gasteiger partial charge >= 0.3 is 0 Å². The normalized spacial score (nSPS) is 11.1. The number of benzene rings is 2. The quantitative estimate of drug-likeness (QED) is 0.677. The first-order chi connectivity index (χ1) is 10.3. The van der Waals surface area contributed by atoms with Crippen molar-refractivity contribution < 1.29 is 9.53 Å². The predicted octanol–water partition coefficient (Wildman–Crippen LogP) is 4.00. The first kappa shape index (κ1) is 13.2. The van der Waals surface area contributed by atoms with Gasteiger partial charge < -0.3 is 4.74 Å². The summed E-state index contributed by atoms with van der Waals surface area (Å²) in [6.45, 7) is 0. The van der Waals surface area contributed by atoms with Crippen LogP contribution in [-0.4, -0.2) is 17.6 Å². The van der Waals surface area contributed by atoms with Crippen molar-refractivity contribution >= 4 is 22.9 Å². The molecule has 0 fully saturated rings. The van der Waals surface area contributed by atoms with Crippen molar-refractivity contribution in [1.82, 2.24) is 4.57 Å². The molecule has 3 heteroatoms. The first-order valence-corrected chi connectivity index (χ1v) is 6.70. The number of carbonyl (C=O) groups is 1. The first-order valence-electron chi connectivity index (χ1n) is 6.70. The number of rotatable bonds is 3. The fourth-order valence-electron chi connectivity index (χ4n) is 2.24. The molecule has 104 valence electrons.